The third-order valence-corrected chi connectivity index (χ3v) is 6.63. The van der Waals surface area contributed by atoms with Crippen LogP contribution in [0, 0.1) is 18.2 Å². The van der Waals surface area contributed by atoms with Crippen molar-refractivity contribution in [3.63, 3.8) is 0 Å². The van der Waals surface area contributed by atoms with Crippen molar-refractivity contribution in [3.8, 4) is 23.5 Å². The molecule has 1 aromatic carbocycles. The number of carboxylic acid groups (broad SMARTS) is 1. The number of aromatic nitrogens is 1. The van der Waals surface area contributed by atoms with Gasteiger partial charge < -0.3 is 10.2 Å². The molecule has 2 N–H and O–H groups in total. The molecule has 1 aliphatic carbocycles. The summed E-state index contributed by atoms with van der Waals surface area (Å²) in [5, 5.41) is 20.8. The number of aliphatic carboxylic acids is 1. The number of nitrogens with zero attached hydrogens (tertiary/aromatic N) is 1. The molecule has 0 saturated heterocycles. The monoisotopic (exact) mass is 502 g/mol. The lowest BCUT2D eigenvalue weighted by Gasteiger charge is -2.33. The van der Waals surface area contributed by atoms with Crippen molar-refractivity contribution in [1.82, 2.24) is 4.98 Å². The Morgan fingerprint density at radius 2 is 1.80 bits per heavy atom. The largest absolute Gasteiger partial charge is 0.493 e. The van der Waals surface area contributed by atoms with Gasteiger partial charge in [0.1, 0.15) is 5.82 Å². The van der Waals surface area contributed by atoms with E-state index in [1.54, 1.807) is 12.1 Å². The normalized spacial score (nSPS) is 16.6. The zero-order chi connectivity index (χ0) is 26.2. The third kappa shape index (κ3) is 6.32. The third-order valence-electron chi connectivity index (χ3n) is 6.46. The first-order valence-corrected chi connectivity index (χ1v) is 12.6. The lowest BCUT2D eigenvalue weighted by Crippen LogP contribution is -2.45. The van der Waals surface area contributed by atoms with Crippen LogP contribution in [0.5, 0.6) is 0 Å². The summed E-state index contributed by atoms with van der Waals surface area (Å²) in [6.45, 7) is 5.27. The minimum atomic E-state index is -1.97. The summed E-state index contributed by atoms with van der Waals surface area (Å²) in [7, 11) is 0.771. The average Bonchev–Trinajstić information content (AvgIpc) is 2.85. The van der Waals surface area contributed by atoms with E-state index in [1.807, 2.05) is 19.9 Å². The van der Waals surface area contributed by atoms with Crippen molar-refractivity contribution < 1.29 is 28.5 Å². The second kappa shape index (κ2) is 12.9. The number of benzene rings is 1. The number of hydrogen-bond donors (Lipinski definition) is 2. The highest BCUT2D eigenvalue weighted by molar-refractivity contribution is 7.17. The van der Waals surface area contributed by atoms with E-state index in [-0.39, 0.29) is 17.7 Å². The number of carboxylic acids is 1. The van der Waals surface area contributed by atoms with E-state index < -0.39 is 26.2 Å². The van der Waals surface area contributed by atoms with Gasteiger partial charge in [-0.15, -0.1) is 6.42 Å². The fraction of sp³-hybridized carbons (Fsp3) is 0.481. The zero-order valence-corrected chi connectivity index (χ0v) is 21.7. The molecule has 35 heavy (non-hydrogen) atoms. The molecule has 3 rings (SSSR count). The molecule has 0 aliphatic heterocycles. The lowest BCUT2D eigenvalue weighted by molar-refractivity contribution is -0.145. The van der Waals surface area contributed by atoms with Crippen LogP contribution in [0.1, 0.15) is 81.7 Å². The Kier molecular flexibility index (Phi) is 10.5. The van der Waals surface area contributed by atoms with Crippen molar-refractivity contribution >= 4 is 14.7 Å². The van der Waals surface area contributed by atoms with Gasteiger partial charge in [0.25, 0.3) is 0 Å². The van der Waals surface area contributed by atoms with Gasteiger partial charge in [0.2, 0.25) is 0 Å². The highest BCUT2D eigenvalue weighted by atomic mass is 31.1. The molecular weight excluding hydrogens is 468 g/mol. The first-order chi connectivity index (χ1) is 16.6. The molecular formula is C27H34FNO5P+. The molecule has 1 saturated carbocycles. The summed E-state index contributed by atoms with van der Waals surface area (Å²) in [5.41, 5.74) is 1.08. The first kappa shape index (κ1) is 28.6. The van der Waals surface area contributed by atoms with Crippen LogP contribution in [-0.2, 0) is 19.3 Å². The Hall–Kier alpha value is -2.65. The van der Waals surface area contributed by atoms with Gasteiger partial charge in [0.15, 0.2) is 5.41 Å². The molecule has 6 nitrogen and oxygen atoms in total. The Morgan fingerprint density at radius 1 is 1.23 bits per heavy atom. The van der Waals surface area contributed by atoms with E-state index in [0.717, 1.165) is 31.4 Å². The van der Waals surface area contributed by atoms with Crippen molar-refractivity contribution in [1.29, 1.82) is 0 Å². The Bertz CT molecular complexity index is 1060. The molecule has 3 atom stereocenters. The van der Waals surface area contributed by atoms with Gasteiger partial charge in [-0.05, 0) is 59.6 Å². The number of aliphatic hydroxyl groups is 1. The minimum absolute atomic E-state index is 0.122. The maximum atomic E-state index is 13.7. The molecule has 2 aromatic rings. The molecule has 1 aliphatic rings. The SMILES string of the molecule is C#CC(C(=O)O)(c1c(-c2ccc(F)cc2)cc(C2CCCCC2)nc1C(C)C)C(C)O.CO[PH+]=O. The summed E-state index contributed by atoms with van der Waals surface area (Å²) in [6, 6.07) is 7.83. The topological polar surface area (TPSA) is 96.7 Å². The number of carbonyl (C=O) groups is 1. The van der Waals surface area contributed by atoms with E-state index in [9.17, 15) is 19.4 Å². The molecule has 8 heteroatoms. The minimum Gasteiger partial charge on any atom is -0.480 e. The molecule has 0 spiro atoms. The standard InChI is InChI=1S/C26H30FNO3.CH4O2P/c1-5-26(17(4)29,25(30)31)23-21(18-11-13-20(27)14-12-18)15-22(28-24(23)16(2)3)19-9-7-6-8-10-19;1-3-4-2/h1,11-17,19,29H,6-10H2,2-4H3,(H,30,31);4H,1H3/q;+1. The summed E-state index contributed by atoms with van der Waals surface area (Å²) >= 11 is 0. The highest BCUT2D eigenvalue weighted by Gasteiger charge is 2.48. The molecule has 0 bridgehead atoms. The van der Waals surface area contributed by atoms with Crippen LogP contribution >= 0.6 is 8.69 Å². The van der Waals surface area contributed by atoms with E-state index in [0.29, 0.717) is 22.4 Å². The second-order valence-corrected chi connectivity index (χ2v) is 9.65. The van der Waals surface area contributed by atoms with Gasteiger partial charge in [-0.1, -0.05) is 51.2 Å². The number of rotatable bonds is 7. The Morgan fingerprint density at radius 3 is 2.23 bits per heavy atom. The van der Waals surface area contributed by atoms with Crippen molar-refractivity contribution in [2.75, 3.05) is 7.11 Å². The van der Waals surface area contributed by atoms with Crippen LogP contribution in [0.25, 0.3) is 11.1 Å². The van der Waals surface area contributed by atoms with Crippen molar-refractivity contribution in [2.24, 2.45) is 0 Å². The fourth-order valence-electron chi connectivity index (χ4n) is 4.63. The predicted octanol–water partition coefficient (Wildman–Crippen LogP) is 5.97. The molecule has 1 fully saturated rings. The molecule has 0 radical (unpaired) electrons. The summed E-state index contributed by atoms with van der Waals surface area (Å²) in [5.74, 6) is 0.865. The summed E-state index contributed by atoms with van der Waals surface area (Å²) in [6.07, 6.45) is 9.96. The highest BCUT2D eigenvalue weighted by Crippen LogP contribution is 2.43. The maximum Gasteiger partial charge on any atom is 0.493 e. The van der Waals surface area contributed by atoms with E-state index >= 15 is 0 Å². The number of halogens is 1. The summed E-state index contributed by atoms with van der Waals surface area (Å²) < 4.78 is 26.8. The Balaban J connectivity index is 0.00000100. The van der Waals surface area contributed by atoms with Crippen LogP contribution in [0.3, 0.4) is 0 Å². The van der Waals surface area contributed by atoms with Crippen LogP contribution < -0.4 is 0 Å². The first-order valence-electron chi connectivity index (χ1n) is 11.7. The lowest BCUT2D eigenvalue weighted by atomic mass is 9.71. The van der Waals surface area contributed by atoms with E-state index in [2.05, 4.69) is 10.4 Å². The van der Waals surface area contributed by atoms with Crippen LogP contribution in [-0.4, -0.2) is 34.4 Å². The molecule has 3 unspecified atom stereocenters. The van der Waals surface area contributed by atoms with Gasteiger partial charge in [-0.25, -0.2) is 4.39 Å². The fourth-order valence-corrected chi connectivity index (χ4v) is 4.63. The van der Waals surface area contributed by atoms with Crippen molar-refractivity contribution in [3.05, 3.63) is 53.1 Å². The van der Waals surface area contributed by atoms with Gasteiger partial charge in [0.05, 0.1) is 13.2 Å². The van der Waals surface area contributed by atoms with Crippen LogP contribution in [0.15, 0.2) is 30.3 Å². The number of terminal acetylenes is 1. The van der Waals surface area contributed by atoms with E-state index in [4.69, 9.17) is 16.0 Å². The van der Waals surface area contributed by atoms with Crippen LogP contribution in [0.4, 0.5) is 4.39 Å². The number of hydrogen-bond acceptors (Lipinski definition) is 5. The van der Waals surface area contributed by atoms with Crippen molar-refractivity contribution in [2.45, 2.75) is 76.2 Å². The predicted molar refractivity (Wildman–Crippen MR) is 135 cm³/mol. The number of pyridine rings is 1. The second-order valence-electron chi connectivity index (χ2n) is 9.07. The zero-order valence-electron chi connectivity index (χ0n) is 20.7. The quantitative estimate of drug-likeness (QED) is 0.358. The maximum absolute atomic E-state index is 13.7. The van der Waals surface area contributed by atoms with E-state index in [1.165, 1.54) is 32.6 Å². The molecule has 1 aromatic heterocycles. The van der Waals surface area contributed by atoms with Gasteiger partial charge in [-0.2, -0.15) is 4.52 Å². The Labute approximate surface area is 208 Å². The average molecular weight is 503 g/mol. The van der Waals surface area contributed by atoms with Gasteiger partial charge >= 0.3 is 14.7 Å². The molecule has 0 amide bonds. The summed E-state index contributed by atoms with van der Waals surface area (Å²) in [4.78, 5) is 17.4. The van der Waals surface area contributed by atoms with Gasteiger partial charge in [0, 0.05) is 22.9 Å². The number of aliphatic hydroxyl groups excluding tert-OH is 1. The van der Waals surface area contributed by atoms with Crippen LogP contribution in [0.2, 0.25) is 0 Å². The van der Waals surface area contributed by atoms with Gasteiger partial charge in [-0.3, -0.25) is 9.78 Å². The molecule has 188 valence electrons. The molecule has 1 heterocycles. The smallest absolute Gasteiger partial charge is 0.480 e.